The molecular weight excluding hydrogens is 154 g/mol. The van der Waals surface area contributed by atoms with Crippen LogP contribution in [-0.2, 0) is 0 Å². The van der Waals surface area contributed by atoms with Crippen molar-refractivity contribution >= 4 is 11.8 Å². The summed E-state index contributed by atoms with van der Waals surface area (Å²) in [6.07, 6.45) is 3.99. The molecule has 0 aliphatic carbocycles. The molecule has 1 rings (SSSR count). The zero-order valence-electron chi connectivity index (χ0n) is 7.60. The number of hydrogen-bond donors (Lipinski definition) is 1. The molecule has 0 spiro atoms. The average molecular weight is 173 g/mol. The molecule has 1 aliphatic heterocycles. The molecule has 11 heavy (non-hydrogen) atoms. The van der Waals surface area contributed by atoms with Crippen molar-refractivity contribution in [1.82, 2.24) is 5.32 Å². The van der Waals surface area contributed by atoms with Gasteiger partial charge >= 0.3 is 0 Å². The van der Waals surface area contributed by atoms with E-state index < -0.39 is 0 Å². The molecule has 66 valence electrons. The second-order valence-electron chi connectivity index (χ2n) is 3.17. The first-order valence-electron chi connectivity index (χ1n) is 4.73. The maximum absolute atomic E-state index is 3.60. The van der Waals surface area contributed by atoms with E-state index >= 15 is 0 Å². The van der Waals surface area contributed by atoms with Crippen molar-refractivity contribution in [3.8, 4) is 0 Å². The fourth-order valence-corrected chi connectivity index (χ4v) is 2.94. The van der Waals surface area contributed by atoms with Crippen molar-refractivity contribution in [3.63, 3.8) is 0 Å². The fourth-order valence-electron chi connectivity index (χ4n) is 1.70. The second-order valence-corrected chi connectivity index (χ2v) is 4.51. The molecule has 0 saturated carbocycles. The topological polar surface area (TPSA) is 12.0 Å². The Balaban J connectivity index is 2.31. The van der Waals surface area contributed by atoms with Crippen molar-refractivity contribution < 1.29 is 0 Å². The van der Waals surface area contributed by atoms with E-state index in [0.717, 1.165) is 11.3 Å². The summed E-state index contributed by atoms with van der Waals surface area (Å²) in [7, 11) is 0. The molecule has 1 saturated heterocycles. The summed E-state index contributed by atoms with van der Waals surface area (Å²) in [4.78, 5) is 0. The third-order valence-electron chi connectivity index (χ3n) is 2.29. The van der Waals surface area contributed by atoms with Gasteiger partial charge in [0.15, 0.2) is 0 Å². The molecule has 1 N–H and O–H groups in total. The molecule has 0 radical (unpaired) electrons. The van der Waals surface area contributed by atoms with E-state index in [9.17, 15) is 0 Å². The van der Waals surface area contributed by atoms with Crippen molar-refractivity contribution in [2.45, 2.75) is 44.4 Å². The summed E-state index contributed by atoms with van der Waals surface area (Å²) < 4.78 is 0. The van der Waals surface area contributed by atoms with E-state index in [1.54, 1.807) is 0 Å². The summed E-state index contributed by atoms with van der Waals surface area (Å²) in [5.41, 5.74) is 0. The highest BCUT2D eigenvalue weighted by atomic mass is 32.2. The molecule has 1 nitrogen and oxygen atoms in total. The van der Waals surface area contributed by atoms with E-state index in [4.69, 9.17) is 0 Å². The van der Waals surface area contributed by atoms with Gasteiger partial charge in [-0.1, -0.05) is 20.3 Å². The lowest BCUT2D eigenvalue weighted by Crippen LogP contribution is -2.43. The Morgan fingerprint density at radius 1 is 1.45 bits per heavy atom. The smallest absolute Gasteiger partial charge is 0.0199 e. The van der Waals surface area contributed by atoms with Gasteiger partial charge < -0.3 is 5.32 Å². The van der Waals surface area contributed by atoms with Gasteiger partial charge in [-0.15, -0.1) is 0 Å². The summed E-state index contributed by atoms with van der Waals surface area (Å²) in [6, 6.07) is 0.795. The predicted octanol–water partition coefficient (Wildman–Crippen LogP) is 2.27. The first-order chi connectivity index (χ1) is 5.38. The van der Waals surface area contributed by atoms with Gasteiger partial charge in [0.2, 0.25) is 0 Å². The van der Waals surface area contributed by atoms with Crippen LogP contribution in [-0.4, -0.2) is 23.6 Å². The predicted molar refractivity (Wildman–Crippen MR) is 53.2 cm³/mol. The minimum Gasteiger partial charge on any atom is -0.312 e. The Morgan fingerprint density at radius 2 is 2.27 bits per heavy atom. The highest BCUT2D eigenvalue weighted by Crippen LogP contribution is 2.23. The Labute approximate surface area is 74.3 Å². The van der Waals surface area contributed by atoms with Gasteiger partial charge in [0.25, 0.3) is 0 Å². The summed E-state index contributed by atoms with van der Waals surface area (Å²) in [5.74, 6) is 1.30. The van der Waals surface area contributed by atoms with E-state index in [1.807, 2.05) is 0 Å². The normalized spacial score (nSPS) is 32.2. The standard InChI is InChI=1S/C9H19NS/c1-3-5-8-9(4-2)11-7-6-10-8/h8-10H,3-7H2,1-2H3. The SMILES string of the molecule is CCCC1NCCSC1CC. The first-order valence-corrected chi connectivity index (χ1v) is 5.78. The summed E-state index contributed by atoms with van der Waals surface area (Å²) in [6.45, 7) is 5.78. The number of rotatable bonds is 3. The van der Waals surface area contributed by atoms with Crippen LogP contribution in [0.2, 0.25) is 0 Å². The Hall–Kier alpha value is 0.310. The van der Waals surface area contributed by atoms with Crippen LogP contribution >= 0.6 is 11.8 Å². The molecule has 2 atom stereocenters. The lowest BCUT2D eigenvalue weighted by Gasteiger charge is -2.31. The molecular formula is C9H19NS. The van der Waals surface area contributed by atoms with Crippen molar-refractivity contribution in [2.24, 2.45) is 0 Å². The van der Waals surface area contributed by atoms with Crippen LogP contribution < -0.4 is 5.32 Å². The molecule has 2 unspecified atom stereocenters. The first kappa shape index (κ1) is 9.40. The monoisotopic (exact) mass is 173 g/mol. The van der Waals surface area contributed by atoms with Gasteiger partial charge in [0, 0.05) is 23.6 Å². The Kier molecular flexibility index (Phi) is 4.31. The van der Waals surface area contributed by atoms with Crippen LogP contribution in [0.15, 0.2) is 0 Å². The molecule has 0 amide bonds. The average Bonchev–Trinajstić information content (AvgIpc) is 2.06. The minimum atomic E-state index is 0.795. The highest BCUT2D eigenvalue weighted by Gasteiger charge is 2.22. The minimum absolute atomic E-state index is 0.795. The van der Waals surface area contributed by atoms with Gasteiger partial charge in [0.1, 0.15) is 0 Å². The van der Waals surface area contributed by atoms with E-state index in [1.165, 1.54) is 31.6 Å². The van der Waals surface area contributed by atoms with Gasteiger partial charge in [0.05, 0.1) is 0 Å². The van der Waals surface area contributed by atoms with E-state index in [2.05, 4.69) is 30.9 Å². The van der Waals surface area contributed by atoms with Crippen molar-refractivity contribution in [2.75, 3.05) is 12.3 Å². The second kappa shape index (κ2) is 5.04. The third kappa shape index (κ3) is 2.68. The molecule has 1 heterocycles. The summed E-state index contributed by atoms with van der Waals surface area (Å²) >= 11 is 2.15. The maximum Gasteiger partial charge on any atom is 0.0199 e. The Bertz CT molecular complexity index is 104. The maximum atomic E-state index is 3.60. The third-order valence-corrected chi connectivity index (χ3v) is 3.82. The van der Waals surface area contributed by atoms with Crippen LogP contribution in [0.3, 0.4) is 0 Å². The number of thioether (sulfide) groups is 1. The lowest BCUT2D eigenvalue weighted by molar-refractivity contribution is 0.455. The number of hydrogen-bond acceptors (Lipinski definition) is 2. The number of nitrogens with one attached hydrogen (secondary N) is 1. The van der Waals surface area contributed by atoms with Crippen LogP contribution in [0.25, 0.3) is 0 Å². The van der Waals surface area contributed by atoms with Crippen molar-refractivity contribution in [3.05, 3.63) is 0 Å². The Morgan fingerprint density at radius 3 is 2.91 bits per heavy atom. The van der Waals surface area contributed by atoms with Crippen LogP contribution in [0.1, 0.15) is 33.1 Å². The fraction of sp³-hybridized carbons (Fsp3) is 1.00. The van der Waals surface area contributed by atoms with Gasteiger partial charge in [-0.05, 0) is 12.8 Å². The molecule has 0 bridgehead atoms. The molecule has 1 aliphatic rings. The van der Waals surface area contributed by atoms with E-state index in [0.29, 0.717) is 0 Å². The lowest BCUT2D eigenvalue weighted by atomic mass is 10.1. The van der Waals surface area contributed by atoms with E-state index in [-0.39, 0.29) is 0 Å². The zero-order valence-corrected chi connectivity index (χ0v) is 8.41. The molecule has 0 aromatic carbocycles. The van der Waals surface area contributed by atoms with Crippen LogP contribution in [0.5, 0.6) is 0 Å². The van der Waals surface area contributed by atoms with Crippen LogP contribution in [0.4, 0.5) is 0 Å². The molecule has 0 aromatic rings. The highest BCUT2D eigenvalue weighted by molar-refractivity contribution is 8.00. The van der Waals surface area contributed by atoms with Gasteiger partial charge in [-0.25, -0.2) is 0 Å². The summed E-state index contributed by atoms with van der Waals surface area (Å²) in [5, 5.41) is 4.48. The largest absolute Gasteiger partial charge is 0.312 e. The molecule has 0 aromatic heterocycles. The van der Waals surface area contributed by atoms with Crippen LogP contribution in [0, 0.1) is 0 Å². The zero-order chi connectivity index (χ0) is 8.10. The van der Waals surface area contributed by atoms with Gasteiger partial charge in [-0.3, -0.25) is 0 Å². The van der Waals surface area contributed by atoms with Gasteiger partial charge in [-0.2, -0.15) is 11.8 Å². The van der Waals surface area contributed by atoms with Crippen molar-refractivity contribution in [1.29, 1.82) is 0 Å². The quantitative estimate of drug-likeness (QED) is 0.702. The molecule has 1 fully saturated rings. The molecule has 2 heteroatoms.